The molecule has 1 aromatic carbocycles. The summed E-state index contributed by atoms with van der Waals surface area (Å²) in [6.45, 7) is 5.64. The van der Waals surface area contributed by atoms with E-state index in [2.05, 4.69) is 15.2 Å². The van der Waals surface area contributed by atoms with Crippen LogP contribution in [0.5, 0.6) is 5.88 Å². The average molecular weight is 585 g/mol. The zero-order valence-corrected chi connectivity index (χ0v) is 23.0. The van der Waals surface area contributed by atoms with E-state index in [1.165, 1.54) is 11.0 Å². The van der Waals surface area contributed by atoms with Crippen molar-refractivity contribution in [2.75, 3.05) is 62.8 Å². The van der Waals surface area contributed by atoms with Crippen molar-refractivity contribution < 1.29 is 36.6 Å². The molecule has 4 heterocycles. The lowest BCUT2D eigenvalue weighted by molar-refractivity contribution is -0.0333. The zero-order chi connectivity index (χ0) is 28.3. The predicted octanol–water partition coefficient (Wildman–Crippen LogP) is 5.45. The van der Waals surface area contributed by atoms with Crippen LogP contribution in [-0.4, -0.2) is 85.4 Å². The van der Waals surface area contributed by atoms with Crippen molar-refractivity contribution in [3.63, 3.8) is 0 Å². The van der Waals surface area contributed by atoms with Crippen LogP contribution in [0.25, 0.3) is 11.1 Å². The van der Waals surface area contributed by atoms with Crippen molar-refractivity contribution in [2.45, 2.75) is 43.0 Å². The molecule has 0 spiro atoms. The third kappa shape index (κ3) is 7.10. The van der Waals surface area contributed by atoms with Crippen LogP contribution in [-0.2, 0) is 9.47 Å². The number of rotatable bonds is 6. The smallest absolute Gasteiger partial charge is 0.442 e. The molecule has 0 bridgehead atoms. The summed E-state index contributed by atoms with van der Waals surface area (Å²) in [5.41, 5.74) is -1.57. The third-order valence-electron chi connectivity index (χ3n) is 7.23. The Morgan fingerprint density at radius 2 is 1.80 bits per heavy atom. The second kappa shape index (κ2) is 12.4. The molecule has 5 rings (SSSR count). The number of pyridine rings is 1. The van der Waals surface area contributed by atoms with Crippen LogP contribution in [0.4, 0.5) is 33.7 Å². The Balaban J connectivity index is 1.37. The van der Waals surface area contributed by atoms with Gasteiger partial charge in [-0.05, 0) is 54.4 Å². The normalized spacial score (nSPS) is 20.6. The Labute approximate surface area is 234 Å². The van der Waals surface area contributed by atoms with E-state index in [0.29, 0.717) is 56.5 Å². The fourth-order valence-electron chi connectivity index (χ4n) is 5.13. The van der Waals surface area contributed by atoms with Gasteiger partial charge in [0.15, 0.2) is 0 Å². The molecule has 8 nitrogen and oxygen atoms in total. The molecule has 40 heavy (non-hydrogen) atoms. The highest BCUT2D eigenvalue weighted by molar-refractivity contribution is 8.00. The van der Waals surface area contributed by atoms with Gasteiger partial charge in [0.25, 0.3) is 0 Å². The number of alkyl halides is 3. The van der Waals surface area contributed by atoms with Gasteiger partial charge in [-0.3, -0.25) is 0 Å². The van der Waals surface area contributed by atoms with E-state index in [-0.39, 0.29) is 43.1 Å². The van der Waals surface area contributed by atoms with Crippen molar-refractivity contribution in [3.05, 3.63) is 35.8 Å². The molecule has 3 fully saturated rings. The fourth-order valence-corrected chi connectivity index (χ4v) is 5.99. The Hall–Kier alpha value is -2.77. The minimum atomic E-state index is -4.37. The van der Waals surface area contributed by atoms with Gasteiger partial charge in [0.1, 0.15) is 17.6 Å². The highest BCUT2D eigenvalue weighted by Gasteiger charge is 2.37. The number of carbonyl (C=O) groups is 1. The summed E-state index contributed by atoms with van der Waals surface area (Å²) >= 11 is -0.109. The SMILES string of the molecule is Cc1cc(F)c(NC(=O)N2CC[C@@H](SC(F)(F)F)C2)cc1-c1cnc(OC2CCOCC2)c(N2CCOCC2)c1. The number of benzene rings is 1. The van der Waals surface area contributed by atoms with Gasteiger partial charge in [0, 0.05) is 56.0 Å². The molecule has 2 amide bonds. The lowest BCUT2D eigenvalue weighted by Gasteiger charge is -2.31. The van der Waals surface area contributed by atoms with E-state index in [0.717, 1.165) is 24.1 Å². The third-order valence-corrected chi connectivity index (χ3v) is 8.22. The lowest BCUT2D eigenvalue weighted by atomic mass is 10.00. The standard InChI is InChI=1S/C27H32F4N4O4S/c1-17-12-22(28)23(33-26(36)35-5-2-20(16-35)40-27(29,30)31)14-21(17)18-13-24(34-6-10-38-11-7-34)25(32-15-18)39-19-3-8-37-9-4-19/h12-15,19-20H,2-11,16H2,1H3,(H,33,36)/t20-/m1/s1. The molecule has 3 aliphatic rings. The average Bonchev–Trinajstić information content (AvgIpc) is 3.39. The minimum absolute atomic E-state index is 0.000907. The zero-order valence-electron chi connectivity index (χ0n) is 22.1. The largest absolute Gasteiger partial charge is 0.473 e. The molecule has 0 radical (unpaired) electrons. The summed E-state index contributed by atoms with van der Waals surface area (Å²) in [7, 11) is 0. The summed E-state index contributed by atoms with van der Waals surface area (Å²) < 4.78 is 70.4. The molecule has 218 valence electrons. The molecular weight excluding hydrogens is 552 g/mol. The topological polar surface area (TPSA) is 76.2 Å². The fraction of sp³-hybridized carbons (Fsp3) is 0.556. The van der Waals surface area contributed by atoms with Crippen LogP contribution in [0.1, 0.15) is 24.8 Å². The van der Waals surface area contributed by atoms with Crippen molar-refractivity contribution in [1.29, 1.82) is 0 Å². The molecule has 0 unspecified atom stereocenters. The van der Waals surface area contributed by atoms with Gasteiger partial charge in [0.2, 0.25) is 5.88 Å². The molecule has 3 aliphatic heterocycles. The number of ether oxygens (including phenoxy) is 3. The van der Waals surface area contributed by atoms with Gasteiger partial charge in [-0.25, -0.2) is 14.2 Å². The number of urea groups is 1. The van der Waals surface area contributed by atoms with Crippen molar-refractivity contribution >= 4 is 29.2 Å². The highest BCUT2D eigenvalue weighted by atomic mass is 32.2. The first-order chi connectivity index (χ1) is 19.2. The van der Waals surface area contributed by atoms with Gasteiger partial charge in [0.05, 0.1) is 32.1 Å². The molecule has 0 saturated carbocycles. The van der Waals surface area contributed by atoms with Crippen LogP contribution >= 0.6 is 11.8 Å². The van der Waals surface area contributed by atoms with Gasteiger partial charge in [-0.1, -0.05) is 0 Å². The Morgan fingerprint density at radius 1 is 1.07 bits per heavy atom. The van der Waals surface area contributed by atoms with E-state index in [9.17, 15) is 22.4 Å². The van der Waals surface area contributed by atoms with Gasteiger partial charge in [-0.15, -0.1) is 0 Å². The van der Waals surface area contributed by atoms with Crippen molar-refractivity contribution in [2.24, 2.45) is 0 Å². The molecule has 1 aromatic heterocycles. The molecule has 3 saturated heterocycles. The molecule has 1 N–H and O–H groups in total. The Kier molecular flexibility index (Phi) is 8.91. The number of hydrogen-bond donors (Lipinski definition) is 1. The number of morpholine rings is 1. The number of aromatic nitrogens is 1. The number of nitrogens with zero attached hydrogens (tertiary/aromatic N) is 3. The first-order valence-electron chi connectivity index (χ1n) is 13.3. The number of carbonyl (C=O) groups excluding carboxylic acids is 1. The molecular formula is C27H32F4N4O4S. The number of thioether (sulfide) groups is 1. The number of amides is 2. The summed E-state index contributed by atoms with van der Waals surface area (Å²) in [6, 6.07) is 4.20. The van der Waals surface area contributed by atoms with E-state index in [1.807, 2.05) is 6.07 Å². The van der Waals surface area contributed by atoms with Gasteiger partial charge in [-0.2, -0.15) is 13.2 Å². The first-order valence-corrected chi connectivity index (χ1v) is 14.2. The quantitative estimate of drug-likeness (QED) is 0.453. The summed E-state index contributed by atoms with van der Waals surface area (Å²) in [6.07, 6.45) is 3.44. The number of hydrogen-bond acceptors (Lipinski definition) is 7. The van der Waals surface area contributed by atoms with E-state index in [1.54, 1.807) is 19.2 Å². The molecule has 0 aliphatic carbocycles. The maximum Gasteiger partial charge on any atom is 0.442 e. The maximum atomic E-state index is 14.9. The minimum Gasteiger partial charge on any atom is -0.473 e. The van der Waals surface area contributed by atoms with Crippen LogP contribution in [0.15, 0.2) is 24.4 Å². The van der Waals surface area contributed by atoms with Gasteiger partial charge >= 0.3 is 11.5 Å². The van der Waals surface area contributed by atoms with Crippen molar-refractivity contribution in [1.82, 2.24) is 9.88 Å². The summed E-state index contributed by atoms with van der Waals surface area (Å²) in [5.74, 6) is -0.109. The number of aryl methyl sites for hydroxylation is 1. The highest BCUT2D eigenvalue weighted by Crippen LogP contribution is 2.38. The van der Waals surface area contributed by atoms with E-state index < -0.39 is 22.6 Å². The predicted molar refractivity (Wildman–Crippen MR) is 145 cm³/mol. The second-order valence-corrected chi connectivity index (χ2v) is 11.4. The van der Waals surface area contributed by atoms with Crippen LogP contribution in [0.3, 0.4) is 0 Å². The first kappa shape index (κ1) is 28.7. The Bertz CT molecular complexity index is 1210. The summed E-state index contributed by atoms with van der Waals surface area (Å²) in [4.78, 5) is 20.9. The Morgan fingerprint density at radius 3 is 2.52 bits per heavy atom. The van der Waals surface area contributed by atoms with Crippen LogP contribution < -0.4 is 15.0 Å². The second-order valence-electron chi connectivity index (χ2n) is 10.1. The lowest BCUT2D eigenvalue weighted by Crippen LogP contribution is -2.37. The number of halogens is 4. The molecule has 13 heteroatoms. The van der Waals surface area contributed by atoms with Crippen LogP contribution in [0, 0.1) is 12.7 Å². The maximum absolute atomic E-state index is 14.9. The molecule has 1 atom stereocenters. The number of anilines is 2. The number of likely N-dealkylation sites (tertiary alicyclic amines) is 1. The van der Waals surface area contributed by atoms with E-state index >= 15 is 0 Å². The summed E-state index contributed by atoms with van der Waals surface area (Å²) in [5, 5.41) is 1.81. The van der Waals surface area contributed by atoms with Crippen molar-refractivity contribution in [3.8, 4) is 17.0 Å². The monoisotopic (exact) mass is 584 g/mol. The van der Waals surface area contributed by atoms with Gasteiger partial charge < -0.3 is 29.3 Å². The molecule has 2 aromatic rings. The number of nitrogens with one attached hydrogen (secondary N) is 1. The van der Waals surface area contributed by atoms with Crippen LogP contribution in [0.2, 0.25) is 0 Å². The van der Waals surface area contributed by atoms with E-state index in [4.69, 9.17) is 14.2 Å².